The number of hydrogen-bond acceptors (Lipinski definition) is 10. The first-order chi connectivity index (χ1) is 16.6. The van der Waals surface area contributed by atoms with Crippen LogP contribution in [0, 0.1) is 13.8 Å². The minimum atomic E-state index is -1.02. The molecule has 0 unspecified atom stereocenters. The summed E-state index contributed by atoms with van der Waals surface area (Å²) in [7, 11) is 0. The van der Waals surface area contributed by atoms with Crippen LogP contribution in [0.5, 0.6) is 0 Å². The fourth-order valence-corrected chi connectivity index (χ4v) is 2.21. The van der Waals surface area contributed by atoms with Crippen LogP contribution in [-0.2, 0) is 9.47 Å². The van der Waals surface area contributed by atoms with Crippen LogP contribution in [0.15, 0.2) is 21.7 Å². The minimum Gasteiger partial charge on any atom is -0.412 e. The van der Waals surface area contributed by atoms with Gasteiger partial charge in [-0.2, -0.15) is 9.97 Å². The van der Waals surface area contributed by atoms with Crippen molar-refractivity contribution in [3.05, 3.63) is 44.2 Å². The second-order valence-electron chi connectivity index (χ2n) is 6.45. The first-order valence-corrected chi connectivity index (χ1v) is 9.67. The van der Waals surface area contributed by atoms with E-state index in [0.717, 1.165) is 0 Å². The predicted octanol–water partition coefficient (Wildman–Crippen LogP) is -1.26. The average molecular weight is 494 g/mol. The SMILES string of the molecule is Cc1cc(=O)nc(NC(=O)NCNC(=O)OCOC(=O)NCNC(=O)Nc2nc(=O)cc(C)[nH]2)[nH]1. The number of carbonyl (C=O) groups excluding carboxylic acids is 4. The van der Waals surface area contributed by atoms with E-state index >= 15 is 0 Å². The van der Waals surface area contributed by atoms with E-state index in [1.165, 1.54) is 12.1 Å². The average Bonchev–Trinajstić information content (AvgIpc) is 2.72. The molecule has 0 spiro atoms. The Morgan fingerprint density at radius 3 is 1.51 bits per heavy atom. The van der Waals surface area contributed by atoms with E-state index in [-0.39, 0.29) is 25.2 Å². The molecule has 0 aliphatic carbocycles. The van der Waals surface area contributed by atoms with Crippen molar-refractivity contribution in [3.63, 3.8) is 0 Å². The molecule has 2 aromatic rings. The van der Waals surface area contributed by atoms with Gasteiger partial charge in [-0.25, -0.2) is 19.2 Å². The van der Waals surface area contributed by atoms with Gasteiger partial charge in [-0.1, -0.05) is 0 Å². The summed E-state index contributed by atoms with van der Waals surface area (Å²) in [5, 5.41) is 13.3. The zero-order valence-electron chi connectivity index (χ0n) is 18.4. The van der Waals surface area contributed by atoms with Crippen molar-refractivity contribution in [1.29, 1.82) is 0 Å². The Hall–Kier alpha value is -5.16. The van der Waals surface area contributed by atoms with Crippen LogP contribution in [0.3, 0.4) is 0 Å². The Morgan fingerprint density at radius 2 is 1.14 bits per heavy atom. The molecule has 0 aromatic carbocycles. The normalized spacial score (nSPS) is 9.89. The number of hydrogen-bond donors (Lipinski definition) is 8. The van der Waals surface area contributed by atoms with Gasteiger partial charge in [-0.15, -0.1) is 0 Å². The van der Waals surface area contributed by atoms with Gasteiger partial charge in [0.2, 0.25) is 18.7 Å². The van der Waals surface area contributed by atoms with Crippen LogP contribution in [-0.4, -0.2) is 64.3 Å². The molecular weight excluding hydrogens is 472 g/mol. The van der Waals surface area contributed by atoms with Crippen LogP contribution in [0.4, 0.5) is 31.1 Å². The molecule has 0 bridgehead atoms. The molecule has 0 atom stereocenters. The maximum absolute atomic E-state index is 11.7. The van der Waals surface area contributed by atoms with Gasteiger partial charge in [-0.05, 0) is 13.8 Å². The lowest BCUT2D eigenvalue weighted by molar-refractivity contribution is 0.0243. The van der Waals surface area contributed by atoms with Crippen LogP contribution < -0.4 is 43.0 Å². The third-order valence-corrected chi connectivity index (χ3v) is 3.56. The van der Waals surface area contributed by atoms with Crippen molar-refractivity contribution in [1.82, 2.24) is 41.2 Å². The lowest BCUT2D eigenvalue weighted by Gasteiger charge is -2.10. The first kappa shape index (κ1) is 26.1. The second-order valence-corrected chi connectivity index (χ2v) is 6.45. The number of aromatic amines is 2. The highest BCUT2D eigenvalue weighted by Crippen LogP contribution is 1.95. The number of amides is 6. The van der Waals surface area contributed by atoms with E-state index in [1.807, 2.05) is 0 Å². The number of nitrogens with zero attached hydrogens (tertiary/aromatic N) is 2. The van der Waals surface area contributed by atoms with Crippen molar-refractivity contribution < 1.29 is 28.7 Å². The summed E-state index contributed by atoms with van der Waals surface area (Å²) < 4.78 is 9.13. The number of H-pyrrole nitrogens is 2. The zero-order chi connectivity index (χ0) is 25.8. The summed E-state index contributed by atoms with van der Waals surface area (Å²) in [5.74, 6) is -0.161. The van der Waals surface area contributed by atoms with Gasteiger partial charge in [0.05, 0.1) is 13.3 Å². The quantitative estimate of drug-likeness (QED) is 0.202. The summed E-state index contributed by atoms with van der Waals surface area (Å²) in [5.41, 5.74) is -0.110. The number of rotatable bonds is 8. The molecule has 0 saturated carbocycles. The molecule has 18 heteroatoms. The van der Waals surface area contributed by atoms with E-state index in [2.05, 4.69) is 61.3 Å². The van der Waals surface area contributed by atoms with Crippen molar-refractivity contribution in [2.75, 3.05) is 30.8 Å². The highest BCUT2D eigenvalue weighted by molar-refractivity contribution is 5.88. The van der Waals surface area contributed by atoms with Crippen LogP contribution in [0.1, 0.15) is 11.4 Å². The molecule has 0 radical (unpaired) electrons. The topological polar surface area (TPSA) is 250 Å². The lowest BCUT2D eigenvalue weighted by atomic mass is 10.4. The third kappa shape index (κ3) is 10.3. The fourth-order valence-electron chi connectivity index (χ4n) is 2.21. The van der Waals surface area contributed by atoms with E-state index < -0.39 is 42.2 Å². The third-order valence-electron chi connectivity index (χ3n) is 3.56. The van der Waals surface area contributed by atoms with Crippen LogP contribution in [0.2, 0.25) is 0 Å². The number of carbonyl (C=O) groups is 4. The number of urea groups is 2. The maximum Gasteiger partial charge on any atom is 0.411 e. The molecule has 0 aliphatic heterocycles. The smallest absolute Gasteiger partial charge is 0.411 e. The lowest BCUT2D eigenvalue weighted by Crippen LogP contribution is -2.41. The first-order valence-electron chi connectivity index (χ1n) is 9.67. The van der Waals surface area contributed by atoms with E-state index in [0.29, 0.717) is 11.4 Å². The fraction of sp³-hybridized carbons (Fsp3) is 0.294. The molecule has 2 heterocycles. The molecule has 2 rings (SSSR count). The second kappa shape index (κ2) is 12.8. The highest BCUT2D eigenvalue weighted by Gasteiger charge is 2.09. The largest absolute Gasteiger partial charge is 0.412 e. The summed E-state index contributed by atoms with van der Waals surface area (Å²) in [4.78, 5) is 81.3. The van der Waals surface area contributed by atoms with Gasteiger partial charge in [0.25, 0.3) is 11.1 Å². The van der Waals surface area contributed by atoms with Crippen molar-refractivity contribution in [3.8, 4) is 0 Å². The Morgan fingerprint density at radius 1 is 0.743 bits per heavy atom. The molecule has 0 fully saturated rings. The highest BCUT2D eigenvalue weighted by atomic mass is 16.7. The molecule has 35 heavy (non-hydrogen) atoms. The van der Waals surface area contributed by atoms with Crippen LogP contribution >= 0.6 is 0 Å². The van der Waals surface area contributed by atoms with Gasteiger partial charge >= 0.3 is 24.2 Å². The molecule has 188 valence electrons. The molecule has 18 nitrogen and oxygen atoms in total. The van der Waals surface area contributed by atoms with Gasteiger partial charge < -0.3 is 40.7 Å². The Labute approximate surface area is 195 Å². The minimum absolute atomic E-state index is 0.0804. The molecule has 0 saturated heterocycles. The number of alkyl carbamates (subject to hydrolysis) is 2. The van der Waals surface area contributed by atoms with Crippen molar-refractivity contribution >= 4 is 36.1 Å². The summed E-state index contributed by atoms with van der Waals surface area (Å²) in [6.07, 6.45) is -2.03. The number of anilines is 2. The van der Waals surface area contributed by atoms with E-state index in [4.69, 9.17) is 0 Å². The van der Waals surface area contributed by atoms with E-state index in [1.54, 1.807) is 13.8 Å². The summed E-state index contributed by atoms with van der Waals surface area (Å²) in [6.45, 7) is 1.74. The molecule has 0 aliphatic rings. The van der Waals surface area contributed by atoms with Crippen molar-refractivity contribution in [2.24, 2.45) is 0 Å². The van der Waals surface area contributed by atoms with Gasteiger partial charge in [0, 0.05) is 23.5 Å². The molecule has 8 N–H and O–H groups in total. The predicted molar refractivity (Wildman–Crippen MR) is 117 cm³/mol. The molecule has 6 amide bonds. The number of nitrogens with one attached hydrogen (secondary N) is 8. The maximum atomic E-state index is 11.7. The monoisotopic (exact) mass is 494 g/mol. The summed E-state index contributed by atoms with van der Waals surface area (Å²) >= 11 is 0. The Balaban J connectivity index is 1.54. The Bertz CT molecular complexity index is 1100. The Kier molecular flexibility index (Phi) is 9.52. The number of aryl methyl sites for hydroxylation is 2. The number of aromatic nitrogens is 4. The number of ether oxygens (including phenoxy) is 2. The van der Waals surface area contributed by atoms with Crippen molar-refractivity contribution in [2.45, 2.75) is 13.8 Å². The van der Waals surface area contributed by atoms with Gasteiger partial charge in [0.15, 0.2) is 0 Å². The zero-order valence-corrected chi connectivity index (χ0v) is 18.4. The molecular formula is C17H22N10O8. The van der Waals surface area contributed by atoms with E-state index in [9.17, 15) is 28.8 Å². The van der Waals surface area contributed by atoms with Gasteiger partial charge in [-0.3, -0.25) is 20.2 Å². The van der Waals surface area contributed by atoms with Gasteiger partial charge in [0.1, 0.15) is 0 Å². The summed E-state index contributed by atoms with van der Waals surface area (Å²) in [6, 6.07) is 0.946. The molecule has 2 aromatic heterocycles. The standard InChI is InChI=1S/C17H22N10O8/c1-8-3-10(28)24-12(22-8)26-14(30)18-5-20-16(32)34-7-35-17(33)21-6-19-15(31)27-13-23-9(2)4-11(29)25-13/h3-4H,5-7H2,1-2H3,(H,20,32)(H,21,33)(H3,18,22,24,26,28,30)(H3,19,23,25,27,29,31). The van der Waals surface area contributed by atoms with Crippen LogP contribution in [0.25, 0.3) is 0 Å².